The first-order valence-electron chi connectivity index (χ1n) is 7.42. The number of piperidine rings is 1. The summed E-state index contributed by atoms with van der Waals surface area (Å²) in [4.78, 5) is 2.66. The monoisotopic (exact) mass is 240 g/mol. The molecule has 1 rings (SSSR count). The predicted molar refractivity (Wildman–Crippen MR) is 76.3 cm³/mol. The van der Waals surface area contributed by atoms with Crippen molar-refractivity contribution in [3.05, 3.63) is 0 Å². The van der Waals surface area contributed by atoms with Crippen molar-refractivity contribution in [2.75, 3.05) is 32.7 Å². The highest BCUT2D eigenvalue weighted by Gasteiger charge is 2.23. The molecule has 1 fully saturated rings. The van der Waals surface area contributed by atoms with Crippen molar-refractivity contribution in [2.45, 2.75) is 41.0 Å². The van der Waals surface area contributed by atoms with Crippen LogP contribution in [-0.2, 0) is 0 Å². The van der Waals surface area contributed by atoms with Crippen molar-refractivity contribution < 1.29 is 0 Å². The molecule has 3 unspecified atom stereocenters. The fourth-order valence-electron chi connectivity index (χ4n) is 2.64. The Labute approximate surface area is 108 Å². The number of rotatable bonds is 6. The second-order valence-corrected chi connectivity index (χ2v) is 6.66. The van der Waals surface area contributed by atoms with Crippen LogP contribution in [0.5, 0.6) is 0 Å². The van der Waals surface area contributed by atoms with Crippen LogP contribution in [0.1, 0.15) is 41.0 Å². The highest BCUT2D eigenvalue weighted by atomic mass is 15.1. The molecule has 0 aromatic carbocycles. The predicted octanol–water partition coefficient (Wildman–Crippen LogP) is 2.85. The molecule has 17 heavy (non-hydrogen) atoms. The van der Waals surface area contributed by atoms with Crippen molar-refractivity contribution in [1.29, 1.82) is 0 Å². The quantitative estimate of drug-likeness (QED) is 0.768. The Kier molecular flexibility index (Phi) is 6.50. The van der Waals surface area contributed by atoms with Crippen LogP contribution < -0.4 is 5.32 Å². The minimum Gasteiger partial charge on any atom is -0.316 e. The molecule has 0 amide bonds. The highest BCUT2D eigenvalue weighted by Crippen LogP contribution is 2.22. The van der Waals surface area contributed by atoms with Crippen LogP contribution in [0.25, 0.3) is 0 Å². The second-order valence-electron chi connectivity index (χ2n) is 6.66. The van der Waals surface area contributed by atoms with E-state index >= 15 is 0 Å². The third kappa shape index (κ3) is 5.87. The third-order valence-corrected chi connectivity index (χ3v) is 4.03. The zero-order valence-corrected chi connectivity index (χ0v) is 12.5. The van der Waals surface area contributed by atoms with Gasteiger partial charge in [-0.3, -0.25) is 0 Å². The van der Waals surface area contributed by atoms with E-state index in [2.05, 4.69) is 44.8 Å². The molecule has 0 spiro atoms. The minimum absolute atomic E-state index is 0.762. The van der Waals surface area contributed by atoms with E-state index in [1.807, 2.05) is 0 Å². The lowest BCUT2D eigenvalue weighted by molar-refractivity contribution is 0.123. The van der Waals surface area contributed by atoms with Crippen LogP contribution in [0.4, 0.5) is 0 Å². The maximum atomic E-state index is 3.57. The lowest BCUT2D eigenvalue weighted by Gasteiger charge is -2.36. The molecule has 2 nitrogen and oxygen atoms in total. The van der Waals surface area contributed by atoms with E-state index in [1.54, 1.807) is 0 Å². The normalized spacial score (nSPS) is 28.6. The summed E-state index contributed by atoms with van der Waals surface area (Å²) >= 11 is 0. The van der Waals surface area contributed by atoms with Gasteiger partial charge in [0.05, 0.1) is 0 Å². The zero-order valence-electron chi connectivity index (χ0n) is 12.5. The van der Waals surface area contributed by atoms with Crippen LogP contribution in [-0.4, -0.2) is 37.6 Å². The van der Waals surface area contributed by atoms with Crippen molar-refractivity contribution in [3.8, 4) is 0 Å². The molecule has 3 atom stereocenters. The van der Waals surface area contributed by atoms with Gasteiger partial charge in [-0.05, 0) is 49.7 Å². The van der Waals surface area contributed by atoms with Gasteiger partial charge in [-0.2, -0.15) is 0 Å². The Morgan fingerprint density at radius 2 is 1.82 bits per heavy atom. The SMILES string of the molecule is CC(C)CNCC(C)CN1CCC(C)C(C)C1. The summed E-state index contributed by atoms with van der Waals surface area (Å²) in [5.41, 5.74) is 0. The van der Waals surface area contributed by atoms with Gasteiger partial charge in [-0.1, -0.05) is 34.6 Å². The van der Waals surface area contributed by atoms with E-state index in [1.165, 1.54) is 32.6 Å². The van der Waals surface area contributed by atoms with Gasteiger partial charge < -0.3 is 10.2 Å². The number of nitrogens with one attached hydrogen (secondary N) is 1. The van der Waals surface area contributed by atoms with Gasteiger partial charge in [0.1, 0.15) is 0 Å². The Morgan fingerprint density at radius 3 is 2.41 bits per heavy atom. The number of hydrogen-bond acceptors (Lipinski definition) is 2. The molecule has 0 aliphatic carbocycles. The van der Waals surface area contributed by atoms with Crippen LogP contribution >= 0.6 is 0 Å². The Morgan fingerprint density at radius 1 is 1.12 bits per heavy atom. The maximum Gasteiger partial charge on any atom is 0.00193 e. The summed E-state index contributed by atoms with van der Waals surface area (Å²) in [6.45, 7) is 17.9. The van der Waals surface area contributed by atoms with Crippen molar-refractivity contribution in [3.63, 3.8) is 0 Å². The van der Waals surface area contributed by atoms with E-state index < -0.39 is 0 Å². The molecule has 1 saturated heterocycles. The Bertz CT molecular complexity index is 203. The zero-order chi connectivity index (χ0) is 12.8. The number of nitrogens with zero attached hydrogens (tertiary/aromatic N) is 1. The third-order valence-electron chi connectivity index (χ3n) is 4.03. The molecule has 0 bridgehead atoms. The average Bonchev–Trinajstić information content (AvgIpc) is 2.23. The Balaban J connectivity index is 2.15. The number of hydrogen-bond donors (Lipinski definition) is 1. The molecule has 1 heterocycles. The molecule has 0 radical (unpaired) electrons. The van der Waals surface area contributed by atoms with Gasteiger partial charge in [0, 0.05) is 13.1 Å². The molecule has 102 valence electrons. The summed E-state index contributed by atoms with van der Waals surface area (Å²) in [5, 5.41) is 3.57. The first kappa shape index (κ1) is 15.0. The molecular formula is C15H32N2. The smallest absolute Gasteiger partial charge is 0.00193 e. The van der Waals surface area contributed by atoms with E-state index in [-0.39, 0.29) is 0 Å². The fourth-order valence-corrected chi connectivity index (χ4v) is 2.64. The second kappa shape index (κ2) is 7.38. The van der Waals surface area contributed by atoms with Crippen LogP contribution in [0.3, 0.4) is 0 Å². The summed E-state index contributed by atoms with van der Waals surface area (Å²) in [7, 11) is 0. The molecule has 0 saturated carbocycles. The molecule has 0 aromatic heterocycles. The summed E-state index contributed by atoms with van der Waals surface area (Å²) in [6.07, 6.45) is 1.38. The van der Waals surface area contributed by atoms with E-state index in [9.17, 15) is 0 Å². The first-order valence-corrected chi connectivity index (χ1v) is 7.42. The van der Waals surface area contributed by atoms with Gasteiger partial charge in [-0.15, -0.1) is 0 Å². The van der Waals surface area contributed by atoms with Crippen LogP contribution in [0, 0.1) is 23.7 Å². The van der Waals surface area contributed by atoms with E-state index in [0.717, 1.165) is 30.2 Å². The summed E-state index contributed by atoms with van der Waals surface area (Å²) < 4.78 is 0. The topological polar surface area (TPSA) is 15.3 Å². The molecule has 1 N–H and O–H groups in total. The first-order chi connectivity index (χ1) is 7.99. The van der Waals surface area contributed by atoms with Crippen molar-refractivity contribution >= 4 is 0 Å². The molecule has 1 aliphatic rings. The van der Waals surface area contributed by atoms with Gasteiger partial charge in [0.25, 0.3) is 0 Å². The van der Waals surface area contributed by atoms with Crippen molar-refractivity contribution in [1.82, 2.24) is 10.2 Å². The highest BCUT2D eigenvalue weighted by molar-refractivity contribution is 4.76. The van der Waals surface area contributed by atoms with Gasteiger partial charge in [0.15, 0.2) is 0 Å². The van der Waals surface area contributed by atoms with Crippen molar-refractivity contribution in [2.24, 2.45) is 23.7 Å². The van der Waals surface area contributed by atoms with Gasteiger partial charge in [-0.25, -0.2) is 0 Å². The standard InChI is InChI=1S/C15H32N2/c1-12(2)8-16-9-13(3)10-17-7-6-14(4)15(5)11-17/h12-16H,6-11H2,1-5H3. The molecule has 1 aliphatic heterocycles. The van der Waals surface area contributed by atoms with Gasteiger partial charge in [0.2, 0.25) is 0 Å². The fraction of sp³-hybridized carbons (Fsp3) is 1.00. The lowest BCUT2D eigenvalue weighted by atomic mass is 9.88. The lowest BCUT2D eigenvalue weighted by Crippen LogP contribution is -2.42. The summed E-state index contributed by atoms with van der Waals surface area (Å²) in [6, 6.07) is 0. The van der Waals surface area contributed by atoms with Crippen LogP contribution in [0.2, 0.25) is 0 Å². The molecule has 0 aromatic rings. The number of likely N-dealkylation sites (tertiary alicyclic amines) is 1. The van der Waals surface area contributed by atoms with Crippen LogP contribution in [0.15, 0.2) is 0 Å². The summed E-state index contributed by atoms with van der Waals surface area (Å²) in [5.74, 6) is 3.33. The molecule has 2 heteroatoms. The average molecular weight is 240 g/mol. The molecular weight excluding hydrogens is 208 g/mol. The van der Waals surface area contributed by atoms with E-state index in [4.69, 9.17) is 0 Å². The minimum atomic E-state index is 0.762. The largest absolute Gasteiger partial charge is 0.316 e. The van der Waals surface area contributed by atoms with Gasteiger partial charge >= 0.3 is 0 Å². The van der Waals surface area contributed by atoms with E-state index in [0.29, 0.717) is 0 Å². The Hall–Kier alpha value is -0.0800. The maximum absolute atomic E-state index is 3.57.